The average Bonchev–Trinajstić information content (AvgIpc) is 3.00. The lowest BCUT2D eigenvalue weighted by molar-refractivity contribution is 1.64. The molecule has 0 nitrogen and oxygen atoms in total. The molecule has 2 heteroatoms. The van der Waals surface area contributed by atoms with Crippen molar-refractivity contribution in [1.29, 1.82) is 0 Å². The first-order chi connectivity index (χ1) is 20.7. The van der Waals surface area contributed by atoms with Crippen LogP contribution in [0, 0.1) is 0 Å². The average molecular weight is 435 g/mol. The van der Waals surface area contributed by atoms with Gasteiger partial charge < -0.3 is 0 Å². The summed E-state index contributed by atoms with van der Waals surface area (Å²) in [6, 6.07) is -18.7. The normalized spacial score (nSPS) is 21.5. The number of halogens is 1. The Hall–Kier alpha value is -2.42. The van der Waals surface area contributed by atoms with Gasteiger partial charge in [-0.1, -0.05) is 119 Å². The summed E-state index contributed by atoms with van der Waals surface area (Å²) >= 11 is 2.96. The smallest absolute Gasteiger partial charge is 0.0623 e. The molecule has 4 rings (SSSR count). The fraction of sp³-hybridized carbons (Fsp3) is 0. The van der Waals surface area contributed by atoms with Gasteiger partial charge in [-0.25, -0.2) is 0 Å². The van der Waals surface area contributed by atoms with Crippen molar-refractivity contribution in [2.75, 3.05) is 0 Å². The molecule has 4 aromatic rings. The van der Waals surface area contributed by atoms with Crippen LogP contribution in [0.4, 0.5) is 0 Å². The van der Waals surface area contributed by atoms with Gasteiger partial charge in [0.25, 0.3) is 0 Å². The van der Waals surface area contributed by atoms with Crippen molar-refractivity contribution >= 4 is 44.8 Å². The predicted molar refractivity (Wildman–Crippen MR) is 118 cm³/mol. The summed E-state index contributed by atoms with van der Waals surface area (Å²) < 4.78 is 163. The van der Waals surface area contributed by atoms with Gasteiger partial charge in [0.05, 0.1) is 26.0 Å². The van der Waals surface area contributed by atoms with E-state index in [-0.39, 0.29) is 4.47 Å². The van der Waals surface area contributed by atoms with Gasteiger partial charge in [0, 0.05) is 4.47 Å². The highest BCUT2D eigenvalue weighted by molar-refractivity contribution is 9.10. The van der Waals surface area contributed by atoms with Crippen molar-refractivity contribution in [2.24, 2.45) is 0 Å². The van der Waals surface area contributed by atoms with E-state index in [1.807, 2.05) is 0 Å². The van der Waals surface area contributed by atoms with E-state index >= 15 is 0 Å². The predicted octanol–water partition coefficient (Wildman–Crippen LogP) is 3.83. The minimum Gasteiger partial charge on any atom is -0.0623 e. The van der Waals surface area contributed by atoms with Crippen LogP contribution < -0.4 is 20.7 Å². The maximum Gasteiger partial charge on any atom is 0.179 e. The van der Waals surface area contributed by atoms with Crippen LogP contribution in [0.5, 0.6) is 0 Å². The maximum atomic E-state index is 9.00. The van der Waals surface area contributed by atoms with Crippen molar-refractivity contribution in [3.63, 3.8) is 0 Å². The molecular formula is C24H19BrSi. The van der Waals surface area contributed by atoms with Crippen LogP contribution in [0.25, 0.3) is 0 Å². The van der Waals surface area contributed by atoms with E-state index in [0.29, 0.717) is 0 Å². The van der Waals surface area contributed by atoms with E-state index in [1.54, 1.807) is 0 Å². The van der Waals surface area contributed by atoms with Gasteiger partial charge in [0.15, 0.2) is 8.07 Å². The number of benzene rings is 4. The van der Waals surface area contributed by atoms with Crippen LogP contribution in [0.3, 0.4) is 0 Å². The van der Waals surface area contributed by atoms with Crippen LogP contribution in [-0.4, -0.2) is 8.07 Å². The van der Waals surface area contributed by atoms with Gasteiger partial charge in [-0.15, -0.1) is 0 Å². The second-order valence-electron chi connectivity index (χ2n) is 4.94. The van der Waals surface area contributed by atoms with Crippen LogP contribution in [0.15, 0.2) is 119 Å². The highest BCUT2D eigenvalue weighted by Crippen LogP contribution is 2.12. The lowest BCUT2D eigenvalue weighted by atomic mass is 10.3. The van der Waals surface area contributed by atoms with E-state index in [4.69, 9.17) is 26.0 Å². The molecule has 0 unspecified atom stereocenters. The molecule has 0 N–H and O–H groups in total. The Kier molecular flexibility index (Phi) is 1.66. The standard InChI is InChI=1S/C24H19BrSi/c25-20-16-18-24(19-17-20)26(21-10-4-1-5-11-21,22-12-6-2-7-13-22)23-14-8-3-9-15-23/h1-19H/i1D,2D,3D,4D,5D,6D,7D,8D,9D,10D,11D,12D,13D,14D,15D,16D,17D,18D,19D. The topological polar surface area (TPSA) is 0 Å². The zero-order valence-electron chi connectivity index (χ0n) is 31.9. The molecule has 0 aliphatic carbocycles. The van der Waals surface area contributed by atoms with Crippen LogP contribution >= 0.6 is 15.9 Å². The summed E-state index contributed by atoms with van der Waals surface area (Å²) in [4.78, 5) is 0. The molecule has 0 saturated heterocycles. The Labute approximate surface area is 191 Å². The molecule has 0 saturated carbocycles. The van der Waals surface area contributed by atoms with Crippen molar-refractivity contribution in [1.82, 2.24) is 0 Å². The summed E-state index contributed by atoms with van der Waals surface area (Å²) in [5.74, 6) is 0. The Morgan fingerprint density at radius 2 is 0.769 bits per heavy atom. The summed E-state index contributed by atoms with van der Waals surface area (Å²) in [6.07, 6.45) is 0. The van der Waals surface area contributed by atoms with E-state index in [2.05, 4.69) is 15.9 Å². The van der Waals surface area contributed by atoms with E-state index in [1.165, 1.54) is 0 Å². The molecular weight excluding hydrogens is 396 g/mol. The second-order valence-corrected chi connectivity index (χ2v) is 9.23. The van der Waals surface area contributed by atoms with E-state index < -0.39 is 144 Å². The first-order valence-electron chi connectivity index (χ1n) is 16.7. The largest absolute Gasteiger partial charge is 0.179 e. The van der Waals surface area contributed by atoms with Crippen molar-refractivity contribution < 1.29 is 26.0 Å². The maximum absolute atomic E-state index is 9.00. The third-order valence-corrected chi connectivity index (χ3v) is 7.99. The third kappa shape index (κ3) is 2.96. The molecule has 0 aliphatic heterocycles. The first kappa shape index (κ1) is 5.79. The van der Waals surface area contributed by atoms with Crippen LogP contribution in [-0.2, 0) is 0 Å². The number of hydrogen-bond acceptors (Lipinski definition) is 0. The van der Waals surface area contributed by atoms with Crippen molar-refractivity contribution in [3.8, 4) is 0 Å². The minimum absolute atomic E-state index is 0.382. The second kappa shape index (κ2) is 7.44. The molecule has 0 atom stereocenters. The first-order valence-corrected chi connectivity index (χ1v) is 9.98. The van der Waals surface area contributed by atoms with Crippen molar-refractivity contribution in [2.45, 2.75) is 0 Å². The summed E-state index contributed by atoms with van der Waals surface area (Å²) in [5, 5.41) is -3.53. The molecule has 0 fully saturated rings. The molecule has 4 aromatic carbocycles. The molecule has 0 heterocycles. The lowest BCUT2D eigenvalue weighted by Gasteiger charge is -2.34. The highest BCUT2D eigenvalue weighted by Gasteiger charge is 2.40. The zero-order valence-corrected chi connectivity index (χ0v) is 15.5. The molecule has 0 bridgehead atoms. The Balaban J connectivity index is 2.69. The van der Waals surface area contributed by atoms with Gasteiger partial charge in [-0.05, 0) is 32.8 Å². The SMILES string of the molecule is [2H]c1c([2H])c([2H])c([Si](c2c([2H])c([2H])c([2H])c([2H])c2[2H])(c2c([2H])c([2H])c([2H])c([2H])c2[2H])c2c([2H])c([2H])c(Br)c([2H])c2[2H])c([2H])c1[2H]. The molecule has 0 radical (unpaired) electrons. The Morgan fingerprint density at radius 1 is 0.462 bits per heavy atom. The molecule has 26 heavy (non-hydrogen) atoms. The summed E-state index contributed by atoms with van der Waals surface area (Å²) in [5.41, 5.74) is 0. The van der Waals surface area contributed by atoms with Gasteiger partial charge in [0.2, 0.25) is 0 Å². The molecule has 0 amide bonds. The molecule has 126 valence electrons. The van der Waals surface area contributed by atoms with Gasteiger partial charge in [0.1, 0.15) is 0 Å². The van der Waals surface area contributed by atoms with Gasteiger partial charge in [-0.2, -0.15) is 0 Å². The van der Waals surface area contributed by atoms with E-state index in [0.717, 1.165) is 0 Å². The fourth-order valence-corrected chi connectivity index (χ4v) is 6.25. The van der Waals surface area contributed by atoms with E-state index in [9.17, 15) is 0 Å². The zero-order chi connectivity index (χ0) is 34.4. The molecule has 0 aliphatic rings. The van der Waals surface area contributed by atoms with Gasteiger partial charge >= 0.3 is 0 Å². The molecule has 0 aromatic heterocycles. The number of hydrogen-bond donors (Lipinski definition) is 0. The third-order valence-electron chi connectivity index (χ3n) is 3.59. The monoisotopic (exact) mass is 433 g/mol. The number of rotatable bonds is 4. The summed E-state index contributed by atoms with van der Waals surface area (Å²) in [7, 11) is -5.73. The Bertz CT molecular complexity index is 1570. The van der Waals surface area contributed by atoms with Crippen LogP contribution in [0.2, 0.25) is 0 Å². The fourth-order valence-electron chi connectivity index (χ4n) is 2.55. The lowest BCUT2D eigenvalue weighted by Crippen LogP contribution is -2.74. The van der Waals surface area contributed by atoms with Crippen molar-refractivity contribution in [3.05, 3.63) is 119 Å². The van der Waals surface area contributed by atoms with Gasteiger partial charge in [-0.3, -0.25) is 0 Å². The highest BCUT2D eigenvalue weighted by atomic mass is 79.9. The van der Waals surface area contributed by atoms with Crippen LogP contribution in [0.1, 0.15) is 26.0 Å². The quantitative estimate of drug-likeness (QED) is 0.338. The molecule has 0 spiro atoms. The summed E-state index contributed by atoms with van der Waals surface area (Å²) in [6.45, 7) is 0. The Morgan fingerprint density at radius 3 is 1.12 bits per heavy atom. The minimum atomic E-state index is -5.73.